The van der Waals surface area contributed by atoms with Gasteiger partial charge in [0.25, 0.3) is 5.69 Å². The molecule has 0 atom stereocenters. The minimum atomic E-state index is -0.424. The molecular formula is C11H13IN2O4. The van der Waals surface area contributed by atoms with E-state index in [0.717, 1.165) is 3.57 Å². The highest BCUT2D eigenvalue weighted by Gasteiger charge is 2.18. The fourth-order valence-corrected chi connectivity index (χ4v) is 1.92. The molecule has 0 aliphatic carbocycles. The third-order valence-electron chi connectivity index (χ3n) is 2.42. The minimum absolute atomic E-state index is 0.0364. The van der Waals surface area contributed by atoms with Crippen LogP contribution in [0.3, 0.4) is 0 Å². The molecule has 6 nitrogen and oxygen atoms in total. The Kier molecular flexibility index (Phi) is 5.32. The predicted molar refractivity (Wildman–Crippen MR) is 75.7 cm³/mol. The second-order valence-corrected chi connectivity index (χ2v) is 4.88. The van der Waals surface area contributed by atoms with Gasteiger partial charge in [-0.3, -0.25) is 14.9 Å². The van der Waals surface area contributed by atoms with Crippen molar-refractivity contribution in [3.8, 4) is 0 Å². The molecule has 0 unspecified atom stereocenters. The van der Waals surface area contributed by atoms with E-state index in [1.807, 2.05) is 22.6 Å². The van der Waals surface area contributed by atoms with E-state index in [4.69, 9.17) is 0 Å². The molecule has 0 amide bonds. The smallest absolute Gasteiger partial charge is 0.307 e. The van der Waals surface area contributed by atoms with Crippen LogP contribution in [-0.2, 0) is 9.53 Å². The highest BCUT2D eigenvalue weighted by molar-refractivity contribution is 14.1. The number of benzene rings is 1. The van der Waals surface area contributed by atoms with E-state index >= 15 is 0 Å². The van der Waals surface area contributed by atoms with Gasteiger partial charge in [0.2, 0.25) is 0 Å². The maximum Gasteiger partial charge on any atom is 0.307 e. The molecule has 18 heavy (non-hydrogen) atoms. The van der Waals surface area contributed by atoms with Gasteiger partial charge in [-0.25, -0.2) is 0 Å². The zero-order chi connectivity index (χ0) is 13.7. The lowest BCUT2D eigenvalue weighted by molar-refractivity contribution is -0.384. The summed E-state index contributed by atoms with van der Waals surface area (Å²) >= 11 is 2.02. The van der Waals surface area contributed by atoms with E-state index in [2.05, 4.69) is 4.74 Å². The van der Waals surface area contributed by atoms with E-state index in [9.17, 15) is 14.9 Å². The molecule has 1 aromatic rings. The van der Waals surface area contributed by atoms with Crippen molar-refractivity contribution < 1.29 is 14.5 Å². The Morgan fingerprint density at radius 1 is 1.56 bits per heavy atom. The number of carbonyl (C=O) groups excluding carboxylic acids is 1. The van der Waals surface area contributed by atoms with Gasteiger partial charge in [-0.2, -0.15) is 0 Å². The van der Waals surface area contributed by atoms with Gasteiger partial charge in [-0.15, -0.1) is 0 Å². The van der Waals surface area contributed by atoms with Crippen LogP contribution in [0.1, 0.15) is 6.42 Å². The number of hydrogen-bond donors (Lipinski definition) is 0. The Hall–Kier alpha value is -1.38. The van der Waals surface area contributed by atoms with Crippen molar-refractivity contribution >= 4 is 39.9 Å². The molecule has 98 valence electrons. The van der Waals surface area contributed by atoms with Crippen molar-refractivity contribution in [2.24, 2.45) is 0 Å². The van der Waals surface area contributed by atoms with Crippen molar-refractivity contribution in [1.82, 2.24) is 0 Å². The van der Waals surface area contributed by atoms with Gasteiger partial charge in [0, 0.05) is 23.2 Å². The SMILES string of the molecule is COC(=O)CCN(C)c1ccc(I)cc1[N+](=O)[O-]. The lowest BCUT2D eigenvalue weighted by Crippen LogP contribution is -2.22. The molecule has 0 fully saturated rings. The number of anilines is 1. The average Bonchev–Trinajstić information content (AvgIpc) is 2.35. The van der Waals surface area contributed by atoms with Crippen LogP contribution < -0.4 is 4.90 Å². The monoisotopic (exact) mass is 364 g/mol. The summed E-state index contributed by atoms with van der Waals surface area (Å²) in [6, 6.07) is 4.97. The summed E-state index contributed by atoms with van der Waals surface area (Å²) in [6.07, 6.45) is 0.191. The number of nitrogens with zero attached hydrogens (tertiary/aromatic N) is 2. The molecule has 7 heteroatoms. The second-order valence-electron chi connectivity index (χ2n) is 3.64. The third kappa shape index (κ3) is 3.83. The standard InChI is InChI=1S/C11H13IN2O4/c1-13(6-5-11(15)18-2)9-4-3-8(12)7-10(9)14(16)17/h3-4,7H,5-6H2,1-2H3. The Bertz CT molecular complexity index is 464. The number of nitro benzene ring substituents is 1. The van der Waals surface area contributed by atoms with Crippen molar-refractivity contribution in [3.05, 3.63) is 31.9 Å². The summed E-state index contributed by atoms with van der Waals surface area (Å²) in [4.78, 5) is 23.2. The number of hydrogen-bond acceptors (Lipinski definition) is 5. The Labute approximate surface area is 118 Å². The fraction of sp³-hybridized carbons (Fsp3) is 0.364. The van der Waals surface area contributed by atoms with Crippen molar-refractivity contribution in [3.63, 3.8) is 0 Å². The first-order chi connectivity index (χ1) is 8.45. The number of carbonyl (C=O) groups is 1. The van der Waals surface area contributed by atoms with Crippen LogP contribution in [-0.4, -0.2) is 31.6 Å². The van der Waals surface area contributed by atoms with Crippen LogP contribution in [0.2, 0.25) is 0 Å². The molecule has 1 rings (SSSR count). The second kappa shape index (κ2) is 6.53. The van der Waals surface area contributed by atoms with Crippen molar-refractivity contribution in [2.75, 3.05) is 25.6 Å². The zero-order valence-electron chi connectivity index (χ0n) is 10.1. The van der Waals surface area contributed by atoms with Crippen LogP contribution in [0.4, 0.5) is 11.4 Å². The summed E-state index contributed by atoms with van der Waals surface area (Å²) < 4.78 is 5.33. The lowest BCUT2D eigenvalue weighted by atomic mass is 10.2. The summed E-state index contributed by atoms with van der Waals surface area (Å²) in [5, 5.41) is 11.0. The van der Waals surface area contributed by atoms with E-state index in [1.165, 1.54) is 13.2 Å². The number of esters is 1. The molecule has 1 aromatic carbocycles. The van der Waals surface area contributed by atoms with E-state index in [1.54, 1.807) is 24.1 Å². The van der Waals surface area contributed by atoms with Gasteiger partial charge in [-0.1, -0.05) is 0 Å². The maximum atomic E-state index is 11.0. The first-order valence-corrected chi connectivity index (χ1v) is 6.25. The van der Waals surface area contributed by atoms with Gasteiger partial charge in [-0.05, 0) is 34.7 Å². The Morgan fingerprint density at radius 3 is 2.78 bits per heavy atom. The van der Waals surface area contributed by atoms with Gasteiger partial charge in [0.1, 0.15) is 5.69 Å². The molecule has 0 aromatic heterocycles. The Balaban J connectivity index is 2.88. The molecule has 0 saturated heterocycles. The third-order valence-corrected chi connectivity index (χ3v) is 3.10. The fourth-order valence-electron chi connectivity index (χ4n) is 1.45. The number of ether oxygens (including phenoxy) is 1. The number of rotatable bonds is 5. The molecule has 0 aliphatic rings. The first-order valence-electron chi connectivity index (χ1n) is 5.17. The predicted octanol–water partition coefficient (Wildman–Crippen LogP) is 2.20. The largest absolute Gasteiger partial charge is 0.469 e. The van der Waals surface area contributed by atoms with E-state index in [-0.39, 0.29) is 18.1 Å². The topological polar surface area (TPSA) is 72.7 Å². The zero-order valence-corrected chi connectivity index (χ0v) is 12.2. The minimum Gasteiger partial charge on any atom is -0.469 e. The molecule has 0 radical (unpaired) electrons. The van der Waals surface area contributed by atoms with Crippen molar-refractivity contribution in [2.45, 2.75) is 6.42 Å². The Morgan fingerprint density at radius 2 is 2.22 bits per heavy atom. The van der Waals surface area contributed by atoms with Crippen molar-refractivity contribution in [1.29, 1.82) is 0 Å². The number of halogens is 1. The molecule has 0 N–H and O–H groups in total. The molecule has 0 saturated carbocycles. The molecular weight excluding hydrogens is 351 g/mol. The normalized spacial score (nSPS) is 9.94. The highest BCUT2D eigenvalue weighted by Crippen LogP contribution is 2.29. The summed E-state index contributed by atoms with van der Waals surface area (Å²) in [5.74, 6) is -0.338. The first kappa shape index (κ1) is 14.7. The molecule has 0 aliphatic heterocycles. The highest BCUT2D eigenvalue weighted by atomic mass is 127. The summed E-state index contributed by atoms with van der Waals surface area (Å²) in [7, 11) is 3.02. The van der Waals surface area contributed by atoms with Gasteiger partial charge >= 0.3 is 5.97 Å². The molecule has 0 bridgehead atoms. The van der Waals surface area contributed by atoms with Crippen LogP contribution in [0, 0.1) is 13.7 Å². The van der Waals surface area contributed by atoms with Crippen LogP contribution in [0.15, 0.2) is 18.2 Å². The molecule has 0 spiro atoms. The van der Waals surface area contributed by atoms with Gasteiger partial charge < -0.3 is 9.64 Å². The lowest BCUT2D eigenvalue weighted by Gasteiger charge is -2.18. The average molecular weight is 364 g/mol. The van der Waals surface area contributed by atoms with Gasteiger partial charge in [0.15, 0.2) is 0 Å². The summed E-state index contributed by atoms with van der Waals surface area (Å²) in [6.45, 7) is 0.369. The van der Waals surface area contributed by atoms with E-state index in [0.29, 0.717) is 12.2 Å². The van der Waals surface area contributed by atoms with Gasteiger partial charge in [0.05, 0.1) is 18.5 Å². The number of nitro groups is 1. The van der Waals surface area contributed by atoms with E-state index < -0.39 is 4.92 Å². The summed E-state index contributed by atoms with van der Waals surface area (Å²) in [5.41, 5.74) is 0.526. The quantitative estimate of drug-likeness (QED) is 0.347. The van der Waals surface area contributed by atoms with Crippen LogP contribution >= 0.6 is 22.6 Å². The van der Waals surface area contributed by atoms with Crippen LogP contribution in [0.25, 0.3) is 0 Å². The van der Waals surface area contributed by atoms with Crippen LogP contribution in [0.5, 0.6) is 0 Å². The number of methoxy groups -OCH3 is 1. The molecule has 0 heterocycles. The maximum absolute atomic E-state index is 11.0.